The normalized spacial score (nSPS) is 17.0. The smallest absolute Gasteiger partial charge is 0.369 e. The molecule has 3 rings (SSSR count). The lowest BCUT2D eigenvalue weighted by Gasteiger charge is -2.37. The van der Waals surface area contributed by atoms with Crippen LogP contribution in [0.25, 0.3) is 0 Å². The van der Waals surface area contributed by atoms with Crippen LogP contribution in [0.1, 0.15) is 45.1 Å². The van der Waals surface area contributed by atoms with Crippen molar-refractivity contribution in [1.29, 1.82) is 0 Å². The van der Waals surface area contributed by atoms with Gasteiger partial charge in [0.05, 0.1) is 5.69 Å². The van der Waals surface area contributed by atoms with Gasteiger partial charge in [0.25, 0.3) is 5.13 Å². The van der Waals surface area contributed by atoms with E-state index in [4.69, 9.17) is 0 Å². The van der Waals surface area contributed by atoms with Crippen LogP contribution in [0, 0.1) is 0 Å². The number of unbranched alkanes of at least 4 members (excludes halogenated alkanes) is 2. The average Bonchev–Trinajstić information content (AvgIpc) is 3.20. The third kappa shape index (κ3) is 6.61. The summed E-state index contributed by atoms with van der Waals surface area (Å²) in [4.78, 5) is 2.18. The molecule has 0 aliphatic carbocycles. The number of rotatable bonds is 9. The highest BCUT2D eigenvalue weighted by atomic mass is 32.2. The molecular formula is C19H25F3N6O2S2. The minimum absolute atomic E-state index is 0.0455. The maximum Gasteiger partial charge on any atom is 0.404 e. The Bertz CT molecular complexity index is 1040. The quantitative estimate of drug-likeness (QED) is 0.365. The molecule has 0 amide bonds. The molecule has 0 fully saturated rings. The Morgan fingerprint density at radius 2 is 2.06 bits per heavy atom. The lowest BCUT2D eigenvalue weighted by Crippen LogP contribution is -2.38. The van der Waals surface area contributed by atoms with E-state index in [2.05, 4.69) is 43.9 Å². The number of halogens is 3. The fourth-order valence-corrected chi connectivity index (χ4v) is 4.98. The largest absolute Gasteiger partial charge is 0.404 e. The van der Waals surface area contributed by atoms with Crippen molar-refractivity contribution in [1.82, 2.24) is 10.2 Å². The van der Waals surface area contributed by atoms with Crippen LogP contribution in [0.3, 0.4) is 0 Å². The predicted molar refractivity (Wildman–Crippen MR) is 119 cm³/mol. The lowest BCUT2D eigenvalue weighted by atomic mass is 9.95. The number of alkyl halides is 3. The molecule has 32 heavy (non-hydrogen) atoms. The van der Waals surface area contributed by atoms with Gasteiger partial charge in [0.15, 0.2) is 5.75 Å². The molecule has 2 aromatic rings. The minimum atomic E-state index is -4.87. The first-order valence-electron chi connectivity index (χ1n) is 10.3. The second-order valence-corrected chi connectivity index (χ2v) is 10.2. The number of nitrogens with zero attached hydrogens (tertiary/aromatic N) is 5. The highest BCUT2D eigenvalue weighted by Gasteiger charge is 2.36. The van der Waals surface area contributed by atoms with Crippen molar-refractivity contribution in [2.45, 2.75) is 58.2 Å². The van der Waals surface area contributed by atoms with Gasteiger partial charge in [-0.3, -0.25) is 4.72 Å². The zero-order valence-corrected chi connectivity index (χ0v) is 19.4. The van der Waals surface area contributed by atoms with Crippen LogP contribution in [-0.2, 0) is 16.4 Å². The summed E-state index contributed by atoms with van der Waals surface area (Å²) < 4.78 is 64.7. The van der Waals surface area contributed by atoms with Crippen molar-refractivity contribution < 1.29 is 21.6 Å². The summed E-state index contributed by atoms with van der Waals surface area (Å²) in [5, 5.41) is 15.7. The number of anilines is 2. The zero-order chi connectivity index (χ0) is 23.4. The van der Waals surface area contributed by atoms with E-state index >= 15 is 0 Å². The Labute approximate surface area is 189 Å². The van der Waals surface area contributed by atoms with Crippen LogP contribution < -0.4 is 9.62 Å². The van der Waals surface area contributed by atoms with E-state index < -0.39 is 22.0 Å². The molecule has 0 spiro atoms. The molecule has 1 atom stereocenters. The second kappa shape index (κ2) is 10.1. The summed E-state index contributed by atoms with van der Waals surface area (Å²) in [6.07, 6.45) is -0.133. The monoisotopic (exact) mass is 490 g/mol. The molecule has 1 N–H and O–H groups in total. The first-order chi connectivity index (χ1) is 15.1. The van der Waals surface area contributed by atoms with Crippen molar-refractivity contribution in [2.75, 3.05) is 21.9 Å². The van der Waals surface area contributed by atoms with Crippen molar-refractivity contribution in [3.8, 4) is 0 Å². The fourth-order valence-electron chi connectivity index (χ4n) is 3.61. The minimum Gasteiger partial charge on any atom is -0.369 e. The van der Waals surface area contributed by atoms with Gasteiger partial charge in [-0.15, -0.1) is 20.4 Å². The summed E-state index contributed by atoms with van der Waals surface area (Å²) in [5.74, 6) is -1.99. The van der Waals surface area contributed by atoms with Crippen LogP contribution in [0.15, 0.2) is 27.9 Å². The zero-order valence-electron chi connectivity index (χ0n) is 17.8. The fraction of sp³-hybridized carbons (Fsp3) is 0.579. The van der Waals surface area contributed by atoms with Gasteiger partial charge in [0.1, 0.15) is 11.2 Å². The Kier molecular flexibility index (Phi) is 7.70. The topological polar surface area (TPSA) is 99.9 Å². The summed E-state index contributed by atoms with van der Waals surface area (Å²) >= 11 is 1.13. The molecule has 1 aromatic carbocycles. The number of hydrogen-bond acceptors (Lipinski definition) is 8. The van der Waals surface area contributed by atoms with Crippen molar-refractivity contribution >= 4 is 43.6 Å². The number of hydrogen-bond donors (Lipinski definition) is 1. The molecule has 2 heterocycles. The number of azo groups is 1. The second-order valence-electron chi connectivity index (χ2n) is 7.68. The molecule has 0 bridgehead atoms. The summed E-state index contributed by atoms with van der Waals surface area (Å²) in [6.45, 7) is 4.98. The Morgan fingerprint density at radius 1 is 1.28 bits per heavy atom. The van der Waals surface area contributed by atoms with Crippen LogP contribution in [0.4, 0.5) is 35.4 Å². The Morgan fingerprint density at radius 3 is 2.72 bits per heavy atom. The van der Waals surface area contributed by atoms with Gasteiger partial charge in [0.2, 0.25) is 10.0 Å². The summed E-state index contributed by atoms with van der Waals surface area (Å²) in [7, 11) is -4.69. The van der Waals surface area contributed by atoms with E-state index in [9.17, 15) is 21.6 Å². The molecule has 1 unspecified atom stereocenters. The maximum atomic E-state index is 12.8. The number of sulfonamides is 1. The molecule has 1 aromatic heterocycles. The van der Waals surface area contributed by atoms with Crippen molar-refractivity contribution in [2.24, 2.45) is 10.2 Å². The summed E-state index contributed by atoms with van der Waals surface area (Å²) in [5.41, 5.74) is 3.30. The van der Waals surface area contributed by atoms with E-state index in [1.165, 1.54) is 5.51 Å². The SMILES string of the molecule is CCCCCN1c2cc(NS(=O)(=O)CC(F)(F)F)c(N=Nc3nncs3)cc2CCC1C. The molecule has 0 saturated heterocycles. The van der Waals surface area contributed by atoms with Gasteiger partial charge in [-0.05, 0) is 43.9 Å². The van der Waals surface area contributed by atoms with Gasteiger partial charge in [0, 0.05) is 18.3 Å². The van der Waals surface area contributed by atoms with Crippen LogP contribution in [0.2, 0.25) is 0 Å². The summed E-state index contributed by atoms with van der Waals surface area (Å²) in [6, 6.07) is 3.48. The van der Waals surface area contributed by atoms with Crippen LogP contribution in [0.5, 0.6) is 0 Å². The Hall–Kier alpha value is -2.28. The molecular weight excluding hydrogens is 465 g/mol. The number of nitrogens with one attached hydrogen (secondary N) is 1. The van der Waals surface area contributed by atoms with Gasteiger partial charge < -0.3 is 4.90 Å². The van der Waals surface area contributed by atoms with Gasteiger partial charge in [-0.2, -0.15) is 13.2 Å². The van der Waals surface area contributed by atoms with E-state index in [1.54, 1.807) is 12.1 Å². The van der Waals surface area contributed by atoms with Crippen LogP contribution in [-0.4, -0.2) is 43.1 Å². The molecule has 176 valence electrons. The third-order valence-corrected chi connectivity index (χ3v) is 6.90. The Balaban J connectivity index is 2.01. The first-order valence-corrected chi connectivity index (χ1v) is 12.8. The van der Waals surface area contributed by atoms with Crippen molar-refractivity contribution in [3.63, 3.8) is 0 Å². The van der Waals surface area contributed by atoms with Crippen molar-refractivity contribution in [3.05, 3.63) is 23.2 Å². The highest BCUT2D eigenvalue weighted by molar-refractivity contribution is 7.92. The molecule has 1 aliphatic rings. The number of benzene rings is 1. The lowest BCUT2D eigenvalue weighted by molar-refractivity contribution is -0.106. The molecule has 8 nitrogen and oxygen atoms in total. The maximum absolute atomic E-state index is 12.8. The molecule has 1 aliphatic heterocycles. The number of aryl methyl sites for hydroxylation is 1. The molecule has 0 radical (unpaired) electrons. The predicted octanol–water partition coefficient (Wildman–Crippen LogP) is 5.59. The standard InChI is InChI=1S/C19H25F3N6O2S2/c1-3-4-5-8-28-13(2)6-7-14-9-15(24-26-18-25-23-12-31-18)16(10-17(14)28)27-32(29,30)11-19(20,21)22/h9-10,12-13,27H,3-8,11H2,1-2H3. The van der Waals surface area contributed by atoms with E-state index in [1.807, 2.05) is 0 Å². The van der Waals surface area contributed by atoms with E-state index in [0.717, 1.165) is 61.2 Å². The van der Waals surface area contributed by atoms with Gasteiger partial charge >= 0.3 is 6.18 Å². The van der Waals surface area contributed by atoms with E-state index in [-0.39, 0.29) is 22.5 Å². The molecule has 13 heteroatoms. The number of fused-ring (bicyclic) bond motifs is 1. The highest BCUT2D eigenvalue weighted by Crippen LogP contribution is 2.40. The van der Waals surface area contributed by atoms with Gasteiger partial charge in [-0.25, -0.2) is 8.42 Å². The molecule has 0 saturated carbocycles. The van der Waals surface area contributed by atoms with E-state index in [0.29, 0.717) is 0 Å². The third-order valence-electron chi connectivity index (χ3n) is 5.08. The van der Waals surface area contributed by atoms with Crippen LogP contribution >= 0.6 is 11.3 Å². The first kappa shape index (κ1) is 24.4. The van der Waals surface area contributed by atoms with Gasteiger partial charge in [-0.1, -0.05) is 31.1 Å². The number of aromatic nitrogens is 2. The average molecular weight is 491 g/mol.